The molecule has 4 heteroatoms. The van der Waals surface area contributed by atoms with E-state index in [1.165, 1.54) is 37.7 Å². The second kappa shape index (κ2) is 10.5. The molecule has 0 aromatic rings. The average Bonchev–Trinajstić information content (AvgIpc) is 3.47. The predicted molar refractivity (Wildman–Crippen MR) is 120 cm³/mol. The lowest BCUT2D eigenvalue weighted by atomic mass is 9.83. The van der Waals surface area contributed by atoms with Crippen LogP contribution in [0.1, 0.15) is 83.5 Å². The molecule has 5 atom stereocenters. The zero-order valence-electron chi connectivity index (χ0n) is 18.6. The van der Waals surface area contributed by atoms with Gasteiger partial charge in [0, 0.05) is 25.4 Å². The molecule has 0 aromatic heterocycles. The molecule has 4 aliphatic rings. The largest absolute Gasteiger partial charge is 0.392 e. The van der Waals surface area contributed by atoms with Gasteiger partial charge in [-0.3, -0.25) is 4.79 Å². The van der Waals surface area contributed by atoms with Gasteiger partial charge in [0.15, 0.2) is 0 Å². The van der Waals surface area contributed by atoms with Crippen LogP contribution >= 0.6 is 0 Å². The van der Waals surface area contributed by atoms with E-state index >= 15 is 0 Å². The quantitative estimate of drug-likeness (QED) is 0.449. The smallest absolute Gasteiger partial charge is 0.222 e. The monoisotopic (exact) mass is 415 g/mol. The molecule has 1 heterocycles. The molecule has 0 unspecified atom stereocenters. The zero-order valence-corrected chi connectivity index (χ0v) is 18.6. The van der Waals surface area contributed by atoms with E-state index in [2.05, 4.69) is 12.2 Å². The SMILES string of the molecule is O=C(CCCCC1=C[C@H]2C[C@@H](O)[C@H](C=C[C@@H](O)C3CCCCC3)[C@H]2C1)N1CCCC1. The molecule has 1 aliphatic heterocycles. The third kappa shape index (κ3) is 5.37. The molecule has 30 heavy (non-hydrogen) atoms. The number of hydrogen-bond donors (Lipinski definition) is 2. The topological polar surface area (TPSA) is 60.8 Å². The van der Waals surface area contributed by atoms with Crippen molar-refractivity contribution in [3.8, 4) is 0 Å². The standard InChI is InChI=1S/C26H41NO3/c28-24(20-9-2-1-3-10-20)13-12-22-23-17-19(16-21(23)18-25(22)29)8-4-5-11-26(30)27-14-6-7-15-27/h12-13,16,20-25,28-29H,1-11,14-15,17-18H2/t21-,22+,23-,24+,25+/m0/s1. The summed E-state index contributed by atoms with van der Waals surface area (Å²) in [5.74, 6) is 1.91. The van der Waals surface area contributed by atoms with E-state index in [-0.39, 0.29) is 18.1 Å². The summed E-state index contributed by atoms with van der Waals surface area (Å²) in [5, 5.41) is 21.1. The van der Waals surface area contributed by atoms with Crippen molar-refractivity contribution in [2.45, 2.75) is 95.7 Å². The van der Waals surface area contributed by atoms with E-state index in [1.54, 1.807) is 0 Å². The van der Waals surface area contributed by atoms with Gasteiger partial charge >= 0.3 is 0 Å². The van der Waals surface area contributed by atoms with Crippen molar-refractivity contribution < 1.29 is 15.0 Å². The maximum atomic E-state index is 12.2. The van der Waals surface area contributed by atoms with E-state index in [9.17, 15) is 15.0 Å². The molecule has 0 bridgehead atoms. The van der Waals surface area contributed by atoms with Gasteiger partial charge in [-0.05, 0) is 75.5 Å². The maximum absolute atomic E-state index is 12.2. The zero-order chi connectivity index (χ0) is 20.9. The van der Waals surface area contributed by atoms with E-state index in [1.807, 2.05) is 11.0 Å². The van der Waals surface area contributed by atoms with E-state index in [0.717, 1.165) is 58.0 Å². The maximum Gasteiger partial charge on any atom is 0.222 e. The average molecular weight is 416 g/mol. The number of carbonyl (C=O) groups excluding carboxylic acids is 1. The number of hydrogen-bond acceptors (Lipinski definition) is 3. The van der Waals surface area contributed by atoms with Crippen molar-refractivity contribution >= 4 is 5.91 Å². The van der Waals surface area contributed by atoms with Crippen LogP contribution in [0.5, 0.6) is 0 Å². The van der Waals surface area contributed by atoms with Crippen LogP contribution in [0.2, 0.25) is 0 Å². The molecule has 1 saturated heterocycles. The fraction of sp³-hybridized carbons (Fsp3) is 0.808. The Balaban J connectivity index is 1.20. The lowest BCUT2D eigenvalue weighted by molar-refractivity contribution is -0.130. The molecule has 0 radical (unpaired) electrons. The summed E-state index contributed by atoms with van der Waals surface area (Å²) < 4.78 is 0. The summed E-state index contributed by atoms with van der Waals surface area (Å²) in [4.78, 5) is 14.2. The van der Waals surface area contributed by atoms with Crippen LogP contribution < -0.4 is 0 Å². The van der Waals surface area contributed by atoms with Crippen LogP contribution in [0.25, 0.3) is 0 Å². The summed E-state index contributed by atoms with van der Waals surface area (Å²) in [6, 6.07) is 0. The van der Waals surface area contributed by atoms with Crippen molar-refractivity contribution in [3.63, 3.8) is 0 Å². The molecule has 4 rings (SSSR count). The summed E-state index contributed by atoms with van der Waals surface area (Å²) in [6.07, 6.45) is 20.1. The Morgan fingerprint density at radius 3 is 2.67 bits per heavy atom. The fourth-order valence-corrected chi connectivity index (χ4v) is 6.42. The molecule has 0 aromatic carbocycles. The normalized spacial score (nSPS) is 33.3. The number of likely N-dealkylation sites (tertiary alicyclic amines) is 1. The summed E-state index contributed by atoms with van der Waals surface area (Å²) >= 11 is 0. The Morgan fingerprint density at radius 2 is 1.90 bits per heavy atom. The number of nitrogens with zero attached hydrogens (tertiary/aromatic N) is 1. The number of unbranched alkanes of at least 4 members (excludes halogenated alkanes) is 1. The molecule has 3 aliphatic carbocycles. The number of amides is 1. The highest BCUT2D eigenvalue weighted by Crippen LogP contribution is 2.48. The Hall–Kier alpha value is -1.13. The summed E-state index contributed by atoms with van der Waals surface area (Å²) in [7, 11) is 0. The van der Waals surface area contributed by atoms with Crippen LogP contribution in [0.3, 0.4) is 0 Å². The van der Waals surface area contributed by atoms with Crippen LogP contribution in [-0.4, -0.2) is 46.3 Å². The van der Waals surface area contributed by atoms with Gasteiger partial charge in [-0.1, -0.05) is 43.1 Å². The summed E-state index contributed by atoms with van der Waals surface area (Å²) in [5.41, 5.74) is 1.52. The Kier molecular flexibility index (Phi) is 7.69. The first-order valence-electron chi connectivity index (χ1n) is 12.6. The van der Waals surface area contributed by atoms with Gasteiger partial charge < -0.3 is 15.1 Å². The second-order valence-electron chi connectivity index (χ2n) is 10.3. The summed E-state index contributed by atoms with van der Waals surface area (Å²) in [6.45, 7) is 1.92. The Morgan fingerprint density at radius 1 is 1.13 bits per heavy atom. The van der Waals surface area contributed by atoms with E-state index in [0.29, 0.717) is 30.1 Å². The van der Waals surface area contributed by atoms with Crippen molar-refractivity contribution in [3.05, 3.63) is 23.8 Å². The van der Waals surface area contributed by atoms with Gasteiger partial charge in [0.2, 0.25) is 5.91 Å². The number of allylic oxidation sites excluding steroid dienone is 2. The van der Waals surface area contributed by atoms with Crippen molar-refractivity contribution in [1.82, 2.24) is 4.90 Å². The molecule has 2 saturated carbocycles. The molecule has 3 fully saturated rings. The molecule has 168 valence electrons. The third-order valence-electron chi connectivity index (χ3n) is 8.21. The van der Waals surface area contributed by atoms with Crippen molar-refractivity contribution in [2.24, 2.45) is 23.7 Å². The number of fused-ring (bicyclic) bond motifs is 1. The van der Waals surface area contributed by atoms with E-state index < -0.39 is 0 Å². The minimum atomic E-state index is -0.349. The van der Waals surface area contributed by atoms with Crippen molar-refractivity contribution in [2.75, 3.05) is 13.1 Å². The first kappa shape index (κ1) is 22.1. The van der Waals surface area contributed by atoms with Gasteiger partial charge in [0.1, 0.15) is 0 Å². The Labute approximate surface area is 182 Å². The Bertz CT molecular complexity index is 630. The van der Waals surface area contributed by atoms with Gasteiger partial charge in [0.05, 0.1) is 12.2 Å². The second-order valence-corrected chi connectivity index (χ2v) is 10.3. The predicted octanol–water partition coefficient (Wildman–Crippen LogP) is 4.61. The third-order valence-corrected chi connectivity index (χ3v) is 8.21. The minimum absolute atomic E-state index is 0.179. The van der Waals surface area contributed by atoms with Gasteiger partial charge in [-0.2, -0.15) is 0 Å². The van der Waals surface area contributed by atoms with Crippen LogP contribution in [0.4, 0.5) is 0 Å². The minimum Gasteiger partial charge on any atom is -0.392 e. The molecule has 4 nitrogen and oxygen atoms in total. The van der Waals surface area contributed by atoms with Crippen LogP contribution in [-0.2, 0) is 4.79 Å². The first-order chi connectivity index (χ1) is 14.6. The number of rotatable bonds is 8. The van der Waals surface area contributed by atoms with Gasteiger partial charge in [-0.15, -0.1) is 0 Å². The number of carbonyl (C=O) groups is 1. The number of aliphatic hydroxyl groups is 2. The molecule has 0 spiro atoms. The van der Waals surface area contributed by atoms with Crippen LogP contribution in [0, 0.1) is 23.7 Å². The molecular weight excluding hydrogens is 374 g/mol. The fourth-order valence-electron chi connectivity index (χ4n) is 6.42. The molecule has 2 N–H and O–H groups in total. The van der Waals surface area contributed by atoms with Gasteiger partial charge in [0.25, 0.3) is 0 Å². The number of aliphatic hydroxyl groups excluding tert-OH is 2. The lowest BCUT2D eigenvalue weighted by Gasteiger charge is -2.25. The van der Waals surface area contributed by atoms with E-state index in [4.69, 9.17) is 0 Å². The van der Waals surface area contributed by atoms with Gasteiger partial charge in [-0.25, -0.2) is 0 Å². The highest BCUT2D eigenvalue weighted by atomic mass is 16.3. The first-order valence-corrected chi connectivity index (χ1v) is 12.6. The lowest BCUT2D eigenvalue weighted by Crippen LogP contribution is -2.27. The molecular formula is C26H41NO3. The van der Waals surface area contributed by atoms with Crippen LogP contribution in [0.15, 0.2) is 23.8 Å². The van der Waals surface area contributed by atoms with Crippen molar-refractivity contribution in [1.29, 1.82) is 0 Å². The highest BCUT2D eigenvalue weighted by molar-refractivity contribution is 5.76. The molecule has 1 amide bonds. The highest BCUT2D eigenvalue weighted by Gasteiger charge is 2.43.